The molecule has 1 aliphatic rings. The summed E-state index contributed by atoms with van der Waals surface area (Å²) < 4.78 is 57.3. The number of benzene rings is 2. The molecule has 0 fully saturated rings. The SMILES string of the molecule is O=C(O)C[C@H](NC(=O)Nc1c(O)c2c(n(Cc3ccccc3Cl)c1=O)CCC2)c1cccc(OC(F)(F)C(F)F)c1. The lowest BCUT2D eigenvalue weighted by Crippen LogP contribution is -2.37. The number of carbonyl (C=O) groups excluding carboxylic acids is 1. The number of halogens is 5. The summed E-state index contributed by atoms with van der Waals surface area (Å²) in [7, 11) is 0. The number of rotatable bonds is 10. The molecular formula is C27H24ClF4N3O6. The first kappa shape index (κ1) is 29.7. The number of carboxylic acids is 1. The van der Waals surface area contributed by atoms with Gasteiger partial charge in [0.25, 0.3) is 5.56 Å². The van der Waals surface area contributed by atoms with Gasteiger partial charge in [0, 0.05) is 16.3 Å². The average Bonchev–Trinajstić information content (AvgIpc) is 3.39. The predicted molar refractivity (Wildman–Crippen MR) is 140 cm³/mol. The Bertz CT molecular complexity index is 1530. The maximum atomic E-state index is 13.4. The van der Waals surface area contributed by atoms with E-state index in [-0.39, 0.29) is 12.1 Å². The molecule has 1 heterocycles. The van der Waals surface area contributed by atoms with E-state index in [2.05, 4.69) is 15.4 Å². The number of aliphatic carboxylic acids is 1. The Hall–Kier alpha value is -4.26. The monoisotopic (exact) mass is 597 g/mol. The molecule has 14 heteroatoms. The minimum absolute atomic E-state index is 0.0561. The van der Waals surface area contributed by atoms with E-state index in [4.69, 9.17) is 11.6 Å². The Morgan fingerprint density at radius 2 is 1.85 bits per heavy atom. The molecule has 1 atom stereocenters. The number of hydrogen-bond donors (Lipinski definition) is 4. The molecule has 0 unspecified atom stereocenters. The van der Waals surface area contributed by atoms with Crippen LogP contribution in [0.1, 0.15) is 41.3 Å². The van der Waals surface area contributed by atoms with Crippen molar-refractivity contribution in [2.24, 2.45) is 0 Å². The number of aromatic hydroxyl groups is 1. The van der Waals surface area contributed by atoms with Crippen molar-refractivity contribution in [3.8, 4) is 11.5 Å². The number of fused-ring (bicyclic) bond motifs is 1. The van der Waals surface area contributed by atoms with Gasteiger partial charge in [-0.1, -0.05) is 41.9 Å². The third kappa shape index (κ3) is 6.73. The minimum Gasteiger partial charge on any atom is -0.505 e. The topological polar surface area (TPSA) is 130 Å². The highest BCUT2D eigenvalue weighted by atomic mass is 35.5. The van der Waals surface area contributed by atoms with Crippen LogP contribution in [0.4, 0.5) is 28.0 Å². The lowest BCUT2D eigenvalue weighted by molar-refractivity contribution is -0.253. The second-order valence-corrected chi connectivity index (χ2v) is 9.68. The number of pyridine rings is 1. The lowest BCUT2D eigenvalue weighted by Gasteiger charge is -2.21. The Kier molecular flexibility index (Phi) is 8.76. The molecule has 0 saturated carbocycles. The fourth-order valence-corrected chi connectivity index (χ4v) is 4.79. The van der Waals surface area contributed by atoms with Crippen molar-refractivity contribution in [2.75, 3.05) is 5.32 Å². The van der Waals surface area contributed by atoms with Gasteiger partial charge in [-0.15, -0.1) is 0 Å². The highest BCUT2D eigenvalue weighted by molar-refractivity contribution is 6.31. The van der Waals surface area contributed by atoms with Crippen molar-refractivity contribution in [3.05, 3.63) is 86.3 Å². The van der Waals surface area contributed by atoms with Gasteiger partial charge in [0.1, 0.15) is 11.5 Å². The first-order chi connectivity index (χ1) is 19.4. The third-order valence-corrected chi connectivity index (χ3v) is 6.84. The number of anilines is 1. The maximum absolute atomic E-state index is 13.4. The van der Waals surface area contributed by atoms with Crippen LogP contribution in [-0.2, 0) is 24.2 Å². The summed E-state index contributed by atoms with van der Waals surface area (Å²) in [5.41, 5.74) is 0.473. The number of nitrogens with zero attached hydrogens (tertiary/aromatic N) is 1. The van der Waals surface area contributed by atoms with Crippen molar-refractivity contribution >= 4 is 29.3 Å². The summed E-state index contributed by atoms with van der Waals surface area (Å²) in [5.74, 6) is -2.50. The highest BCUT2D eigenvalue weighted by Gasteiger charge is 2.44. The molecule has 1 aliphatic carbocycles. The molecule has 0 aliphatic heterocycles. The number of alkyl halides is 4. The average molecular weight is 598 g/mol. The molecule has 9 nitrogen and oxygen atoms in total. The quantitative estimate of drug-likeness (QED) is 0.234. The third-order valence-electron chi connectivity index (χ3n) is 6.47. The molecule has 1 aromatic heterocycles. The molecule has 0 saturated heterocycles. The van der Waals surface area contributed by atoms with E-state index in [0.29, 0.717) is 41.1 Å². The molecule has 41 heavy (non-hydrogen) atoms. The molecule has 0 spiro atoms. The van der Waals surface area contributed by atoms with Crippen molar-refractivity contribution in [1.29, 1.82) is 0 Å². The van der Waals surface area contributed by atoms with Crippen LogP contribution in [0.5, 0.6) is 11.5 Å². The molecule has 4 rings (SSSR count). The van der Waals surface area contributed by atoms with Crippen LogP contribution < -0.4 is 20.9 Å². The fourth-order valence-electron chi connectivity index (χ4n) is 4.60. The number of urea groups is 1. The fraction of sp³-hybridized carbons (Fsp3) is 0.296. The van der Waals surface area contributed by atoms with Crippen LogP contribution in [-0.4, -0.2) is 39.3 Å². The van der Waals surface area contributed by atoms with Crippen molar-refractivity contribution in [3.63, 3.8) is 0 Å². The molecule has 0 bridgehead atoms. The number of carbonyl (C=O) groups is 2. The largest absolute Gasteiger partial charge is 0.505 e. The van der Waals surface area contributed by atoms with E-state index < -0.39 is 59.7 Å². The predicted octanol–water partition coefficient (Wildman–Crippen LogP) is 5.32. The van der Waals surface area contributed by atoms with Crippen LogP contribution in [0, 0.1) is 0 Å². The molecule has 4 N–H and O–H groups in total. The Morgan fingerprint density at radius 1 is 1.12 bits per heavy atom. The number of ether oxygens (including phenoxy) is 1. The van der Waals surface area contributed by atoms with Crippen LogP contribution in [0.15, 0.2) is 53.3 Å². The maximum Gasteiger partial charge on any atom is 0.461 e. The van der Waals surface area contributed by atoms with Crippen LogP contribution in [0.2, 0.25) is 5.02 Å². The van der Waals surface area contributed by atoms with E-state index in [1.807, 2.05) is 0 Å². The zero-order valence-electron chi connectivity index (χ0n) is 21.2. The zero-order valence-corrected chi connectivity index (χ0v) is 21.9. The van der Waals surface area contributed by atoms with Gasteiger partial charge in [-0.3, -0.25) is 9.59 Å². The number of aromatic nitrogens is 1. The van der Waals surface area contributed by atoms with Gasteiger partial charge in [0.15, 0.2) is 5.69 Å². The van der Waals surface area contributed by atoms with Crippen LogP contribution in [0.25, 0.3) is 0 Å². The normalized spacial score (nSPS) is 13.5. The Balaban J connectivity index is 1.62. The molecule has 2 aromatic carbocycles. The van der Waals surface area contributed by atoms with Crippen molar-refractivity contribution in [2.45, 2.75) is 50.8 Å². The highest BCUT2D eigenvalue weighted by Crippen LogP contribution is 2.35. The summed E-state index contributed by atoms with van der Waals surface area (Å²) in [5, 5.41) is 25.2. The van der Waals surface area contributed by atoms with Gasteiger partial charge in [-0.05, 0) is 48.6 Å². The van der Waals surface area contributed by atoms with Crippen molar-refractivity contribution in [1.82, 2.24) is 9.88 Å². The first-order valence-electron chi connectivity index (χ1n) is 12.3. The lowest BCUT2D eigenvalue weighted by atomic mass is 10.0. The number of nitrogens with one attached hydrogen (secondary N) is 2. The summed E-state index contributed by atoms with van der Waals surface area (Å²) in [4.78, 5) is 37.9. The standard InChI is InChI=1S/C27H24ClF4N3O6/c28-18-9-2-1-5-15(18)13-35-20-10-4-8-17(20)23(38)22(24(35)39)34-26(40)33-19(12-21(36)37)14-6-3-7-16(11-14)41-27(31,32)25(29)30/h1-3,5-7,9,11,19,25,38H,4,8,10,12-13H2,(H,36,37)(H2,33,34,40)/t19-/m0/s1. The summed E-state index contributed by atoms with van der Waals surface area (Å²) >= 11 is 6.27. The van der Waals surface area contributed by atoms with Gasteiger partial charge in [-0.2, -0.15) is 17.6 Å². The van der Waals surface area contributed by atoms with E-state index >= 15 is 0 Å². The van der Waals surface area contributed by atoms with Crippen LogP contribution >= 0.6 is 11.6 Å². The molecule has 0 radical (unpaired) electrons. The van der Waals surface area contributed by atoms with E-state index in [1.54, 1.807) is 24.3 Å². The molecule has 218 valence electrons. The second kappa shape index (κ2) is 12.1. The smallest absolute Gasteiger partial charge is 0.461 e. The molecule has 3 aromatic rings. The van der Waals surface area contributed by atoms with Gasteiger partial charge in [-0.25, -0.2) is 4.79 Å². The van der Waals surface area contributed by atoms with Gasteiger partial charge in [0.2, 0.25) is 0 Å². The Labute approximate surface area is 235 Å². The Morgan fingerprint density at radius 3 is 2.54 bits per heavy atom. The molecule has 2 amide bonds. The summed E-state index contributed by atoms with van der Waals surface area (Å²) in [6.45, 7) is 0.0646. The van der Waals surface area contributed by atoms with Gasteiger partial charge < -0.3 is 30.2 Å². The first-order valence-corrected chi connectivity index (χ1v) is 12.7. The van der Waals surface area contributed by atoms with Gasteiger partial charge in [0.05, 0.1) is 19.0 Å². The van der Waals surface area contributed by atoms with Crippen molar-refractivity contribution < 1.29 is 42.1 Å². The van der Waals surface area contributed by atoms with Gasteiger partial charge >= 0.3 is 24.5 Å². The van der Waals surface area contributed by atoms with E-state index in [0.717, 1.165) is 18.2 Å². The summed E-state index contributed by atoms with van der Waals surface area (Å²) in [6.07, 6.45) is -8.05. The van der Waals surface area contributed by atoms with Crippen LogP contribution in [0.3, 0.4) is 0 Å². The minimum atomic E-state index is -4.80. The van der Waals surface area contributed by atoms with E-state index in [9.17, 15) is 42.2 Å². The number of hydrogen-bond acceptors (Lipinski definition) is 5. The zero-order chi connectivity index (χ0) is 29.9. The summed E-state index contributed by atoms with van der Waals surface area (Å²) in [6, 6.07) is 8.68. The molecular weight excluding hydrogens is 574 g/mol. The number of carboxylic acid groups (broad SMARTS) is 1. The van der Waals surface area contributed by atoms with E-state index in [1.165, 1.54) is 10.6 Å². The number of amides is 2. The second-order valence-electron chi connectivity index (χ2n) is 9.27.